The first kappa shape index (κ1) is 18.0. The molecule has 134 valence electrons. The second kappa shape index (κ2) is 8.05. The van der Waals surface area contributed by atoms with Crippen LogP contribution in [0, 0.1) is 5.92 Å². The molecule has 1 saturated carbocycles. The van der Waals surface area contributed by atoms with E-state index in [2.05, 4.69) is 6.92 Å². The van der Waals surface area contributed by atoms with Crippen molar-refractivity contribution in [3.63, 3.8) is 0 Å². The highest BCUT2D eigenvalue weighted by Crippen LogP contribution is 2.32. The second-order valence-electron chi connectivity index (χ2n) is 6.58. The summed E-state index contributed by atoms with van der Waals surface area (Å²) in [6.07, 6.45) is 5.80. The van der Waals surface area contributed by atoms with Crippen LogP contribution in [0.1, 0.15) is 30.9 Å². The molecule has 0 saturated heterocycles. The highest BCUT2D eigenvalue weighted by Gasteiger charge is 2.26. The third-order valence-electron chi connectivity index (χ3n) is 4.83. The summed E-state index contributed by atoms with van der Waals surface area (Å²) in [6.45, 7) is 2.12. The number of carbonyl (C=O) groups excluding carboxylic acids is 1. The van der Waals surface area contributed by atoms with Gasteiger partial charge < -0.3 is 9.47 Å². The summed E-state index contributed by atoms with van der Waals surface area (Å²) in [5.41, 5.74) is 3.79. The molecule has 2 aromatic carbocycles. The Hall–Kier alpha value is -2.81. The Kier molecular flexibility index (Phi) is 5.57. The number of benzene rings is 2. The Morgan fingerprint density at radius 1 is 0.846 bits per heavy atom. The van der Waals surface area contributed by atoms with Gasteiger partial charge >= 0.3 is 0 Å². The summed E-state index contributed by atoms with van der Waals surface area (Å²) < 4.78 is 10.4. The van der Waals surface area contributed by atoms with Gasteiger partial charge in [-0.25, -0.2) is 0 Å². The molecule has 1 aliphatic carbocycles. The standard InChI is InChI=1S/C23H24O3/c1-16-4-9-19(14-17-5-10-20(25-2)11-6-17)23(24)22(16)15-18-7-12-21(26-3)13-8-18/h5-8,10-16H,4,9H2,1-3H3/t16-/m1/s1. The van der Waals surface area contributed by atoms with E-state index in [0.29, 0.717) is 0 Å². The lowest BCUT2D eigenvalue weighted by atomic mass is 9.80. The lowest BCUT2D eigenvalue weighted by Gasteiger charge is -2.23. The van der Waals surface area contributed by atoms with Gasteiger partial charge in [0.05, 0.1) is 14.2 Å². The van der Waals surface area contributed by atoms with E-state index in [-0.39, 0.29) is 11.7 Å². The Balaban J connectivity index is 1.86. The number of allylic oxidation sites excluding steroid dienone is 2. The quantitative estimate of drug-likeness (QED) is 0.715. The van der Waals surface area contributed by atoms with Crippen LogP contribution >= 0.6 is 0 Å². The van der Waals surface area contributed by atoms with Gasteiger partial charge in [0.1, 0.15) is 11.5 Å². The zero-order valence-corrected chi connectivity index (χ0v) is 15.5. The van der Waals surface area contributed by atoms with Crippen molar-refractivity contribution in [2.45, 2.75) is 19.8 Å². The average Bonchev–Trinajstić information content (AvgIpc) is 2.68. The Morgan fingerprint density at radius 3 is 1.85 bits per heavy atom. The summed E-state index contributed by atoms with van der Waals surface area (Å²) in [7, 11) is 3.30. The number of methoxy groups -OCH3 is 2. The third-order valence-corrected chi connectivity index (χ3v) is 4.83. The number of ketones is 1. The Bertz CT molecular complexity index is 827. The first-order chi connectivity index (χ1) is 12.6. The van der Waals surface area contributed by atoms with Crippen LogP contribution in [-0.2, 0) is 4.79 Å². The van der Waals surface area contributed by atoms with Gasteiger partial charge in [0.15, 0.2) is 5.78 Å². The van der Waals surface area contributed by atoms with E-state index in [9.17, 15) is 4.79 Å². The molecule has 0 unspecified atom stereocenters. The van der Waals surface area contributed by atoms with E-state index < -0.39 is 0 Å². The molecule has 1 fully saturated rings. The molecular formula is C23H24O3. The molecule has 1 aliphatic rings. The molecule has 0 N–H and O–H groups in total. The normalized spacial score (nSPS) is 20.4. The molecule has 0 aromatic heterocycles. The molecule has 26 heavy (non-hydrogen) atoms. The maximum absolute atomic E-state index is 13.0. The van der Waals surface area contributed by atoms with Gasteiger partial charge in [-0.3, -0.25) is 4.79 Å². The predicted octanol–water partition coefficient (Wildman–Crippen LogP) is 5.17. The number of hydrogen-bond acceptors (Lipinski definition) is 3. The van der Waals surface area contributed by atoms with Crippen molar-refractivity contribution in [2.75, 3.05) is 14.2 Å². The minimum Gasteiger partial charge on any atom is -0.497 e. The Morgan fingerprint density at radius 2 is 1.35 bits per heavy atom. The summed E-state index contributed by atoms with van der Waals surface area (Å²) in [4.78, 5) is 13.0. The number of carbonyl (C=O) groups is 1. The maximum atomic E-state index is 13.0. The first-order valence-electron chi connectivity index (χ1n) is 8.85. The van der Waals surface area contributed by atoms with Gasteiger partial charge in [-0.15, -0.1) is 0 Å². The average molecular weight is 348 g/mol. The van der Waals surface area contributed by atoms with Crippen molar-refractivity contribution >= 4 is 17.9 Å². The SMILES string of the molecule is COc1ccc(C=C2CC[C@@H](C)C(=Cc3ccc(OC)cc3)C2=O)cc1. The van der Waals surface area contributed by atoms with Gasteiger partial charge in [-0.05, 0) is 66.3 Å². The van der Waals surface area contributed by atoms with Crippen LogP contribution in [0.3, 0.4) is 0 Å². The molecule has 0 aliphatic heterocycles. The van der Waals surface area contributed by atoms with E-state index in [1.54, 1.807) is 14.2 Å². The molecule has 3 rings (SSSR count). The minimum absolute atomic E-state index is 0.149. The van der Waals surface area contributed by atoms with Gasteiger partial charge in [0.25, 0.3) is 0 Å². The molecule has 0 bridgehead atoms. The van der Waals surface area contributed by atoms with Crippen molar-refractivity contribution in [1.29, 1.82) is 0 Å². The predicted molar refractivity (Wildman–Crippen MR) is 105 cm³/mol. The van der Waals surface area contributed by atoms with E-state index in [4.69, 9.17) is 9.47 Å². The molecule has 0 amide bonds. The van der Waals surface area contributed by atoms with Crippen molar-refractivity contribution in [3.8, 4) is 11.5 Å². The lowest BCUT2D eigenvalue weighted by molar-refractivity contribution is -0.113. The number of Topliss-reactive ketones (excluding diaryl/α,β-unsaturated/α-hetero) is 1. The lowest BCUT2D eigenvalue weighted by Crippen LogP contribution is -2.19. The van der Waals surface area contributed by atoms with Crippen LogP contribution in [0.25, 0.3) is 12.2 Å². The van der Waals surface area contributed by atoms with E-state index in [0.717, 1.165) is 46.6 Å². The number of hydrogen-bond donors (Lipinski definition) is 0. The largest absolute Gasteiger partial charge is 0.497 e. The van der Waals surface area contributed by atoms with Crippen molar-refractivity contribution in [2.24, 2.45) is 5.92 Å². The molecule has 2 aromatic rings. The summed E-state index contributed by atoms with van der Waals surface area (Å²) in [6, 6.07) is 15.6. The number of rotatable bonds is 4. The van der Waals surface area contributed by atoms with Crippen LogP contribution in [0.15, 0.2) is 59.7 Å². The summed E-state index contributed by atoms with van der Waals surface area (Å²) in [5.74, 6) is 2.04. The zero-order chi connectivity index (χ0) is 18.5. The smallest absolute Gasteiger partial charge is 0.185 e. The molecule has 1 atom stereocenters. The fourth-order valence-electron chi connectivity index (χ4n) is 3.18. The maximum Gasteiger partial charge on any atom is 0.185 e. The Labute approximate surface area is 155 Å². The second-order valence-corrected chi connectivity index (χ2v) is 6.58. The molecule has 3 nitrogen and oxygen atoms in total. The van der Waals surface area contributed by atoms with Crippen LogP contribution < -0.4 is 9.47 Å². The molecule has 0 heterocycles. The highest BCUT2D eigenvalue weighted by atomic mass is 16.5. The minimum atomic E-state index is 0.149. The fraction of sp³-hybridized carbons (Fsp3) is 0.261. The topological polar surface area (TPSA) is 35.5 Å². The van der Waals surface area contributed by atoms with Crippen LogP contribution in [0.2, 0.25) is 0 Å². The fourth-order valence-corrected chi connectivity index (χ4v) is 3.18. The van der Waals surface area contributed by atoms with Gasteiger partial charge in [-0.2, -0.15) is 0 Å². The first-order valence-corrected chi connectivity index (χ1v) is 8.85. The van der Waals surface area contributed by atoms with E-state index in [1.807, 2.05) is 60.7 Å². The summed E-state index contributed by atoms with van der Waals surface area (Å²) >= 11 is 0. The van der Waals surface area contributed by atoms with Crippen molar-refractivity contribution < 1.29 is 14.3 Å². The highest BCUT2D eigenvalue weighted by molar-refractivity contribution is 6.14. The van der Waals surface area contributed by atoms with Gasteiger partial charge in [-0.1, -0.05) is 31.2 Å². The number of ether oxygens (including phenoxy) is 2. The molecule has 0 spiro atoms. The summed E-state index contributed by atoms with van der Waals surface area (Å²) in [5, 5.41) is 0. The van der Waals surface area contributed by atoms with E-state index >= 15 is 0 Å². The monoisotopic (exact) mass is 348 g/mol. The molecular weight excluding hydrogens is 324 g/mol. The van der Waals surface area contributed by atoms with Crippen LogP contribution in [0.4, 0.5) is 0 Å². The van der Waals surface area contributed by atoms with Crippen LogP contribution in [0.5, 0.6) is 11.5 Å². The molecule has 3 heteroatoms. The van der Waals surface area contributed by atoms with Gasteiger partial charge in [0, 0.05) is 11.1 Å². The van der Waals surface area contributed by atoms with Gasteiger partial charge in [0.2, 0.25) is 0 Å². The van der Waals surface area contributed by atoms with E-state index in [1.165, 1.54) is 0 Å². The van der Waals surface area contributed by atoms with Crippen molar-refractivity contribution in [3.05, 3.63) is 70.8 Å². The molecule has 0 radical (unpaired) electrons. The van der Waals surface area contributed by atoms with Crippen LogP contribution in [-0.4, -0.2) is 20.0 Å². The zero-order valence-electron chi connectivity index (χ0n) is 15.5. The van der Waals surface area contributed by atoms with Crippen molar-refractivity contribution in [1.82, 2.24) is 0 Å². The third kappa shape index (κ3) is 4.05.